The van der Waals surface area contributed by atoms with Crippen LogP contribution in [0.5, 0.6) is 0 Å². The molecule has 0 unspecified atom stereocenters. The lowest BCUT2D eigenvalue weighted by Gasteiger charge is -2.29. The molecule has 234 valence electrons. The summed E-state index contributed by atoms with van der Waals surface area (Å²) in [7, 11) is -3.00. The summed E-state index contributed by atoms with van der Waals surface area (Å²) in [6.07, 6.45) is 3.44. The Morgan fingerprint density at radius 3 is 0.792 bits per heavy atom. The Kier molecular flexibility index (Phi) is 9.79. The lowest BCUT2D eigenvalue weighted by molar-refractivity contribution is 1.14. The fourth-order valence-electron chi connectivity index (χ4n) is 6.83. The molecule has 0 spiro atoms. The predicted molar refractivity (Wildman–Crippen MR) is 207 cm³/mol. The van der Waals surface area contributed by atoms with Crippen molar-refractivity contribution in [3.05, 3.63) is 233 Å². The van der Waals surface area contributed by atoms with E-state index in [1.807, 2.05) is 0 Å². The Balaban J connectivity index is 1.41. The lowest BCUT2D eigenvalue weighted by Crippen LogP contribution is -2.63. The van der Waals surface area contributed by atoms with Gasteiger partial charge in [0.2, 0.25) is 7.38 Å². The summed E-state index contributed by atoms with van der Waals surface area (Å²) in [5, 5.41) is 3.67. The molecule has 7 aromatic rings. The van der Waals surface area contributed by atoms with Crippen LogP contribution in [0.1, 0.15) is 44.5 Å². The summed E-state index contributed by atoms with van der Waals surface area (Å²) in [4.78, 5) is 0. The molecule has 0 radical (unpaired) electrons. The minimum atomic E-state index is -3.00. The van der Waals surface area contributed by atoms with E-state index in [9.17, 15) is 0 Å². The third-order valence-electron chi connectivity index (χ3n) is 9.08. The van der Waals surface area contributed by atoms with Crippen molar-refractivity contribution in [1.29, 1.82) is 0 Å². The van der Waals surface area contributed by atoms with Crippen molar-refractivity contribution < 1.29 is 0 Å². The van der Waals surface area contributed by atoms with Crippen LogP contribution in [0.25, 0.3) is 0 Å². The standard InChI is InChI=1S/C46H39ClSi/c47-48(44-24-14-5-15-25-44,45-32-40(26-36-16-6-1-7-17-36)30-41(33-45)27-37-18-8-2-9-19-37)46-34-42(28-38-20-10-3-11-21-38)31-43(35-46)29-39-22-12-4-13-23-39/h1-25,30-35H,26-29H2. The summed E-state index contributed by atoms with van der Waals surface area (Å²) in [6, 6.07) is 68.3. The van der Waals surface area contributed by atoms with E-state index in [1.165, 1.54) is 60.1 Å². The molecule has 0 heterocycles. The van der Waals surface area contributed by atoms with Crippen molar-refractivity contribution in [2.24, 2.45) is 0 Å². The smallest absolute Gasteiger partial charge is 0.149 e. The molecule has 7 aromatic carbocycles. The Morgan fingerprint density at radius 2 is 0.521 bits per heavy atom. The van der Waals surface area contributed by atoms with Gasteiger partial charge in [0.05, 0.1) is 0 Å². The van der Waals surface area contributed by atoms with E-state index in [2.05, 4.69) is 188 Å². The van der Waals surface area contributed by atoms with Gasteiger partial charge in [-0.2, -0.15) is 0 Å². The molecule has 0 amide bonds. The first kappa shape index (κ1) is 31.6. The highest BCUT2D eigenvalue weighted by molar-refractivity contribution is 7.40. The Bertz CT molecular complexity index is 1810. The quantitative estimate of drug-likeness (QED) is 0.0741. The van der Waals surface area contributed by atoms with Gasteiger partial charge in [0, 0.05) is 0 Å². The van der Waals surface area contributed by atoms with Gasteiger partial charge in [0.25, 0.3) is 0 Å². The fraction of sp³-hybridized carbons (Fsp3) is 0.0870. The third kappa shape index (κ3) is 7.60. The maximum absolute atomic E-state index is 8.35. The molecular weight excluding hydrogens is 616 g/mol. The van der Waals surface area contributed by atoms with Crippen molar-refractivity contribution in [2.75, 3.05) is 0 Å². The van der Waals surface area contributed by atoms with Gasteiger partial charge in [-0.25, -0.2) is 0 Å². The van der Waals surface area contributed by atoms with Crippen molar-refractivity contribution in [3.63, 3.8) is 0 Å². The summed E-state index contributed by atoms with van der Waals surface area (Å²) < 4.78 is 0. The van der Waals surface area contributed by atoms with Gasteiger partial charge in [-0.05, 0) is 85.8 Å². The fourth-order valence-corrected chi connectivity index (χ4v) is 11.0. The second kappa shape index (κ2) is 14.9. The van der Waals surface area contributed by atoms with Gasteiger partial charge < -0.3 is 0 Å². The van der Waals surface area contributed by atoms with Crippen LogP contribution >= 0.6 is 11.1 Å². The topological polar surface area (TPSA) is 0 Å². The van der Waals surface area contributed by atoms with E-state index in [4.69, 9.17) is 11.1 Å². The normalized spacial score (nSPS) is 11.4. The van der Waals surface area contributed by atoms with Gasteiger partial charge in [0.15, 0.2) is 0 Å². The summed E-state index contributed by atoms with van der Waals surface area (Å²) in [6.45, 7) is 0. The zero-order valence-electron chi connectivity index (χ0n) is 27.1. The molecule has 0 aliphatic rings. The first-order chi connectivity index (χ1) is 23.6. The van der Waals surface area contributed by atoms with Gasteiger partial charge in [-0.3, -0.25) is 0 Å². The van der Waals surface area contributed by atoms with Crippen molar-refractivity contribution in [1.82, 2.24) is 0 Å². The second-order valence-corrected chi connectivity index (χ2v) is 17.5. The molecule has 48 heavy (non-hydrogen) atoms. The van der Waals surface area contributed by atoms with Crippen LogP contribution in [-0.4, -0.2) is 7.38 Å². The number of hydrogen-bond acceptors (Lipinski definition) is 0. The molecule has 0 aromatic heterocycles. The highest BCUT2D eigenvalue weighted by Gasteiger charge is 2.39. The van der Waals surface area contributed by atoms with Crippen LogP contribution < -0.4 is 15.6 Å². The number of rotatable bonds is 11. The van der Waals surface area contributed by atoms with Crippen LogP contribution in [0.2, 0.25) is 0 Å². The van der Waals surface area contributed by atoms with E-state index < -0.39 is 7.38 Å². The van der Waals surface area contributed by atoms with Crippen LogP contribution in [0.15, 0.2) is 188 Å². The second-order valence-electron chi connectivity index (χ2n) is 12.8. The van der Waals surface area contributed by atoms with Gasteiger partial charge >= 0.3 is 0 Å². The highest BCUT2D eigenvalue weighted by Crippen LogP contribution is 2.22. The molecule has 0 saturated carbocycles. The average Bonchev–Trinajstić information content (AvgIpc) is 3.13. The van der Waals surface area contributed by atoms with Crippen molar-refractivity contribution in [2.45, 2.75) is 25.7 Å². The predicted octanol–water partition coefficient (Wildman–Crippen LogP) is 9.26. The van der Waals surface area contributed by atoms with Crippen LogP contribution in [0, 0.1) is 0 Å². The monoisotopic (exact) mass is 654 g/mol. The molecule has 0 aliphatic heterocycles. The number of hydrogen-bond donors (Lipinski definition) is 0. The Labute approximate surface area is 291 Å². The molecular formula is C46H39ClSi. The van der Waals surface area contributed by atoms with Crippen LogP contribution in [-0.2, 0) is 25.7 Å². The SMILES string of the molecule is Cl[Si](c1ccccc1)(c1cc(Cc2ccccc2)cc(Cc2ccccc2)c1)c1cc(Cc2ccccc2)cc(Cc2ccccc2)c1. The molecule has 2 heteroatoms. The van der Waals surface area contributed by atoms with E-state index in [1.54, 1.807) is 0 Å². The van der Waals surface area contributed by atoms with Gasteiger partial charge in [-0.15, -0.1) is 11.1 Å². The van der Waals surface area contributed by atoms with Gasteiger partial charge in [0.1, 0.15) is 0 Å². The molecule has 0 aliphatic carbocycles. The number of benzene rings is 7. The zero-order chi connectivity index (χ0) is 32.6. The number of halogens is 1. The molecule has 0 fully saturated rings. The van der Waals surface area contributed by atoms with Crippen molar-refractivity contribution >= 4 is 34.0 Å². The van der Waals surface area contributed by atoms with E-state index in [0.29, 0.717) is 0 Å². The summed E-state index contributed by atoms with van der Waals surface area (Å²) in [5.41, 5.74) is 10.4. The molecule has 0 atom stereocenters. The van der Waals surface area contributed by atoms with Crippen LogP contribution in [0.4, 0.5) is 0 Å². The van der Waals surface area contributed by atoms with Gasteiger partial charge in [-0.1, -0.05) is 188 Å². The minimum Gasteiger partial charge on any atom is -0.149 e. The Hall–Kier alpha value is -4.95. The van der Waals surface area contributed by atoms with Crippen LogP contribution in [0.3, 0.4) is 0 Å². The largest absolute Gasteiger partial charge is 0.247 e. The molecule has 0 bridgehead atoms. The minimum absolute atomic E-state index is 0.861. The van der Waals surface area contributed by atoms with E-state index >= 15 is 0 Å². The first-order valence-corrected chi connectivity index (χ1v) is 19.8. The zero-order valence-corrected chi connectivity index (χ0v) is 28.9. The maximum Gasteiger partial charge on any atom is 0.247 e. The molecule has 0 saturated heterocycles. The molecule has 0 nitrogen and oxygen atoms in total. The summed E-state index contributed by atoms with van der Waals surface area (Å²) >= 11 is 8.35. The highest BCUT2D eigenvalue weighted by atomic mass is 35.6. The Morgan fingerprint density at radius 1 is 0.271 bits per heavy atom. The first-order valence-electron chi connectivity index (χ1n) is 16.8. The summed E-state index contributed by atoms with van der Waals surface area (Å²) in [5.74, 6) is 0. The lowest BCUT2D eigenvalue weighted by atomic mass is 9.99. The van der Waals surface area contributed by atoms with Crippen molar-refractivity contribution in [3.8, 4) is 0 Å². The maximum atomic E-state index is 8.35. The van der Waals surface area contributed by atoms with E-state index in [-0.39, 0.29) is 0 Å². The molecule has 0 N–H and O–H groups in total. The van der Waals surface area contributed by atoms with E-state index in [0.717, 1.165) is 25.7 Å². The average molecular weight is 655 g/mol. The third-order valence-corrected chi connectivity index (χ3v) is 14.3. The molecule has 7 rings (SSSR count).